The minimum absolute atomic E-state index is 0.210. The molecule has 0 amide bonds. The first-order chi connectivity index (χ1) is 13.3. The van der Waals surface area contributed by atoms with Crippen molar-refractivity contribution in [2.75, 3.05) is 23.3 Å². The van der Waals surface area contributed by atoms with Gasteiger partial charge in [-0.1, -0.05) is 5.21 Å². The maximum Gasteiger partial charge on any atom is 0.225 e. The van der Waals surface area contributed by atoms with E-state index in [-0.39, 0.29) is 12.1 Å². The van der Waals surface area contributed by atoms with Gasteiger partial charge in [-0.2, -0.15) is 9.67 Å². The molecule has 0 spiro atoms. The maximum absolute atomic E-state index is 9.70. The van der Waals surface area contributed by atoms with Gasteiger partial charge in [0.1, 0.15) is 0 Å². The van der Waals surface area contributed by atoms with E-state index in [1.807, 2.05) is 0 Å². The molecule has 5 rings (SSSR count). The fourth-order valence-corrected chi connectivity index (χ4v) is 4.02. The Kier molecular flexibility index (Phi) is 4.12. The molecule has 0 radical (unpaired) electrons. The van der Waals surface area contributed by atoms with Gasteiger partial charge in [0.15, 0.2) is 11.2 Å². The van der Waals surface area contributed by atoms with Crippen LogP contribution in [0.25, 0.3) is 16.9 Å². The lowest BCUT2D eigenvalue weighted by molar-refractivity contribution is 0.182. The van der Waals surface area contributed by atoms with Crippen LogP contribution in [0.4, 0.5) is 11.6 Å². The van der Waals surface area contributed by atoms with E-state index < -0.39 is 0 Å². The van der Waals surface area contributed by atoms with Crippen LogP contribution in [-0.4, -0.2) is 55.3 Å². The highest BCUT2D eigenvalue weighted by atomic mass is 16.3. The number of fused-ring (bicyclic) bond motifs is 1. The highest BCUT2D eigenvalue weighted by molar-refractivity contribution is 5.72. The zero-order valence-corrected chi connectivity index (χ0v) is 15.1. The molecule has 8 nitrogen and oxygen atoms in total. The Morgan fingerprint density at radius 1 is 1.04 bits per heavy atom. The number of aliphatic hydroxyl groups is 1. The second-order valence-corrected chi connectivity index (χ2v) is 7.42. The average Bonchev–Trinajstić information content (AvgIpc) is 3.43. The SMILES string of the molecule is OC1CCC(Nc2ncc3nnn(-c4ccc(N5CCCC5)cc4)c3n2)C1. The number of hydrogen-bond acceptors (Lipinski definition) is 7. The van der Waals surface area contributed by atoms with Crippen molar-refractivity contribution in [3.63, 3.8) is 0 Å². The van der Waals surface area contributed by atoms with Crippen molar-refractivity contribution in [1.29, 1.82) is 0 Å². The monoisotopic (exact) mass is 365 g/mol. The van der Waals surface area contributed by atoms with Crippen LogP contribution in [-0.2, 0) is 0 Å². The van der Waals surface area contributed by atoms with E-state index in [9.17, 15) is 5.11 Å². The lowest BCUT2D eigenvalue weighted by Crippen LogP contribution is -2.18. The Morgan fingerprint density at radius 2 is 1.81 bits per heavy atom. The van der Waals surface area contributed by atoms with Crippen LogP contribution in [0.3, 0.4) is 0 Å². The van der Waals surface area contributed by atoms with E-state index >= 15 is 0 Å². The van der Waals surface area contributed by atoms with Gasteiger partial charge in [0, 0.05) is 24.8 Å². The van der Waals surface area contributed by atoms with Crippen molar-refractivity contribution < 1.29 is 5.11 Å². The third kappa shape index (κ3) is 3.21. The Hall–Kier alpha value is -2.74. The molecule has 1 saturated heterocycles. The molecule has 140 valence electrons. The molecule has 3 heterocycles. The van der Waals surface area contributed by atoms with E-state index in [0.717, 1.165) is 38.0 Å². The van der Waals surface area contributed by atoms with E-state index in [0.29, 0.717) is 17.1 Å². The zero-order chi connectivity index (χ0) is 18.2. The normalized spacial score (nSPS) is 22.6. The largest absolute Gasteiger partial charge is 0.393 e. The summed E-state index contributed by atoms with van der Waals surface area (Å²) >= 11 is 0. The van der Waals surface area contributed by atoms with Gasteiger partial charge < -0.3 is 15.3 Å². The van der Waals surface area contributed by atoms with Gasteiger partial charge in [0.05, 0.1) is 18.0 Å². The summed E-state index contributed by atoms with van der Waals surface area (Å²) in [6.45, 7) is 2.26. The van der Waals surface area contributed by atoms with Crippen molar-refractivity contribution in [2.45, 2.75) is 44.2 Å². The first-order valence-electron chi connectivity index (χ1n) is 9.65. The van der Waals surface area contributed by atoms with Crippen LogP contribution in [0.2, 0.25) is 0 Å². The van der Waals surface area contributed by atoms with Crippen LogP contribution < -0.4 is 10.2 Å². The van der Waals surface area contributed by atoms with Crippen molar-refractivity contribution in [3.8, 4) is 5.69 Å². The fraction of sp³-hybridized carbons (Fsp3) is 0.474. The lowest BCUT2D eigenvalue weighted by Gasteiger charge is -2.17. The minimum atomic E-state index is -0.229. The van der Waals surface area contributed by atoms with Crippen LogP contribution >= 0.6 is 0 Å². The fourth-order valence-electron chi connectivity index (χ4n) is 4.02. The van der Waals surface area contributed by atoms with E-state index in [4.69, 9.17) is 0 Å². The molecule has 3 aromatic rings. The molecular weight excluding hydrogens is 342 g/mol. The van der Waals surface area contributed by atoms with Crippen LogP contribution in [0.1, 0.15) is 32.1 Å². The predicted octanol–water partition coefficient (Wildman–Crippen LogP) is 2.14. The van der Waals surface area contributed by atoms with Gasteiger partial charge in [0.2, 0.25) is 5.95 Å². The zero-order valence-electron chi connectivity index (χ0n) is 15.1. The predicted molar refractivity (Wildman–Crippen MR) is 103 cm³/mol. The van der Waals surface area contributed by atoms with E-state index in [1.54, 1.807) is 10.9 Å². The first-order valence-corrected chi connectivity index (χ1v) is 9.65. The summed E-state index contributed by atoms with van der Waals surface area (Å²) in [6, 6.07) is 8.60. The maximum atomic E-state index is 9.70. The second-order valence-electron chi connectivity index (χ2n) is 7.42. The van der Waals surface area contributed by atoms with Crippen molar-refractivity contribution in [2.24, 2.45) is 0 Å². The van der Waals surface area contributed by atoms with Crippen LogP contribution in [0.5, 0.6) is 0 Å². The molecule has 1 aliphatic heterocycles. The second kappa shape index (κ2) is 6.77. The number of rotatable bonds is 4. The van der Waals surface area contributed by atoms with Crippen molar-refractivity contribution in [3.05, 3.63) is 30.5 Å². The summed E-state index contributed by atoms with van der Waals surface area (Å²) in [5.41, 5.74) is 3.52. The van der Waals surface area contributed by atoms with Crippen molar-refractivity contribution in [1.82, 2.24) is 25.0 Å². The number of hydrogen-bond donors (Lipinski definition) is 2. The third-order valence-electron chi connectivity index (χ3n) is 5.50. The van der Waals surface area contributed by atoms with Crippen LogP contribution in [0, 0.1) is 0 Å². The summed E-state index contributed by atoms with van der Waals surface area (Å²) in [5.74, 6) is 0.554. The van der Waals surface area contributed by atoms with Crippen LogP contribution in [0.15, 0.2) is 30.5 Å². The molecule has 2 aliphatic rings. The van der Waals surface area contributed by atoms with Gasteiger partial charge >= 0.3 is 0 Å². The van der Waals surface area contributed by atoms with Crippen molar-refractivity contribution >= 4 is 22.8 Å². The molecule has 1 aliphatic carbocycles. The molecule has 2 atom stereocenters. The summed E-state index contributed by atoms with van der Waals surface area (Å²) < 4.78 is 1.75. The topological polar surface area (TPSA) is 92.0 Å². The molecular formula is C19H23N7O. The molecule has 8 heteroatoms. The molecule has 1 aromatic carbocycles. The number of benzene rings is 1. The Labute approximate surface area is 157 Å². The number of nitrogens with zero attached hydrogens (tertiary/aromatic N) is 6. The van der Waals surface area contributed by atoms with E-state index in [1.165, 1.54) is 18.5 Å². The van der Waals surface area contributed by atoms with Gasteiger partial charge in [0.25, 0.3) is 0 Å². The first kappa shape index (κ1) is 16.4. The summed E-state index contributed by atoms with van der Waals surface area (Å²) in [7, 11) is 0. The van der Waals surface area contributed by atoms with Gasteiger partial charge in [-0.25, -0.2) is 4.98 Å². The Morgan fingerprint density at radius 3 is 2.56 bits per heavy atom. The highest BCUT2D eigenvalue weighted by Gasteiger charge is 2.23. The minimum Gasteiger partial charge on any atom is -0.393 e. The molecule has 27 heavy (non-hydrogen) atoms. The Balaban J connectivity index is 1.41. The number of nitrogens with one attached hydrogen (secondary N) is 1. The molecule has 2 aromatic heterocycles. The number of aliphatic hydroxyl groups excluding tert-OH is 1. The number of aromatic nitrogens is 5. The van der Waals surface area contributed by atoms with Gasteiger partial charge in [-0.05, 0) is 56.4 Å². The number of anilines is 2. The quantitative estimate of drug-likeness (QED) is 0.732. The van der Waals surface area contributed by atoms with Gasteiger partial charge in [-0.3, -0.25) is 0 Å². The van der Waals surface area contributed by atoms with E-state index in [2.05, 4.69) is 54.8 Å². The summed E-state index contributed by atoms with van der Waals surface area (Å²) in [5, 5.41) is 21.5. The molecule has 1 saturated carbocycles. The summed E-state index contributed by atoms with van der Waals surface area (Å²) in [4.78, 5) is 11.4. The Bertz CT molecular complexity index is 933. The molecule has 2 N–H and O–H groups in total. The average molecular weight is 365 g/mol. The lowest BCUT2D eigenvalue weighted by atomic mass is 10.2. The highest BCUT2D eigenvalue weighted by Crippen LogP contribution is 2.24. The summed E-state index contributed by atoms with van der Waals surface area (Å²) in [6.07, 6.45) is 6.48. The van der Waals surface area contributed by atoms with Gasteiger partial charge in [-0.15, -0.1) is 5.10 Å². The third-order valence-corrected chi connectivity index (χ3v) is 5.50. The smallest absolute Gasteiger partial charge is 0.225 e. The molecule has 2 fully saturated rings. The molecule has 0 bridgehead atoms. The molecule has 2 unspecified atom stereocenters. The standard InChI is InChI=1S/C19H23N7O/c27-16-8-3-13(11-16)21-19-20-12-17-18(22-19)26(24-23-17)15-6-4-14(5-7-15)25-9-1-2-10-25/h4-7,12-13,16,27H,1-3,8-11H2,(H,20,21,22).